The van der Waals surface area contributed by atoms with Crippen molar-refractivity contribution >= 4 is 44.1 Å². The fourth-order valence-corrected chi connectivity index (χ4v) is 4.85. The second-order valence-corrected chi connectivity index (χ2v) is 8.79. The molecule has 3 heterocycles. The maximum Gasteiger partial charge on any atom is 0.262 e. The van der Waals surface area contributed by atoms with Crippen LogP contribution < -0.4 is 15.0 Å². The molecule has 1 fully saturated rings. The molecule has 3 aromatic rings. The molecule has 2 aromatic carbocycles. The van der Waals surface area contributed by atoms with Gasteiger partial charge in [-0.25, -0.2) is 0 Å². The van der Waals surface area contributed by atoms with Crippen molar-refractivity contribution in [3.05, 3.63) is 52.6 Å². The fourth-order valence-electron chi connectivity index (χ4n) is 4.39. The molecule has 30 heavy (non-hydrogen) atoms. The summed E-state index contributed by atoms with van der Waals surface area (Å²) in [5, 5.41) is 4.17. The minimum Gasteiger partial charge on any atom is -0.482 e. The van der Waals surface area contributed by atoms with Gasteiger partial charge in [0.2, 0.25) is 0 Å². The zero-order chi connectivity index (χ0) is 20.5. The van der Waals surface area contributed by atoms with Gasteiger partial charge in [0.15, 0.2) is 6.61 Å². The van der Waals surface area contributed by atoms with Gasteiger partial charge in [0.05, 0.1) is 11.2 Å². The van der Waals surface area contributed by atoms with Gasteiger partial charge in [0.25, 0.3) is 5.91 Å². The number of aromatic nitrogens is 1. The highest BCUT2D eigenvalue weighted by Crippen LogP contribution is 2.32. The summed E-state index contributed by atoms with van der Waals surface area (Å²) in [5.74, 6) is 0.680. The number of rotatable bonds is 5. The number of hydrogen-bond donors (Lipinski definition) is 2. The van der Waals surface area contributed by atoms with Crippen LogP contribution in [0.25, 0.3) is 10.9 Å². The van der Waals surface area contributed by atoms with Crippen molar-refractivity contribution in [1.29, 1.82) is 0 Å². The van der Waals surface area contributed by atoms with Gasteiger partial charge >= 0.3 is 0 Å². The summed E-state index contributed by atoms with van der Waals surface area (Å²) >= 11 is 3.63. The van der Waals surface area contributed by atoms with Crippen LogP contribution in [0.2, 0.25) is 0 Å². The van der Waals surface area contributed by atoms with E-state index in [-0.39, 0.29) is 12.5 Å². The van der Waals surface area contributed by atoms with Crippen LogP contribution in [0, 0.1) is 0 Å². The SMILES string of the molecule is O=C1COc2ccc(CCCN3CCN(c4ccc(Br)c5[nH]ccc45)CC3)cc2N1. The molecular weight excluding hydrogens is 444 g/mol. The zero-order valence-electron chi connectivity index (χ0n) is 16.8. The first-order chi connectivity index (χ1) is 14.7. The summed E-state index contributed by atoms with van der Waals surface area (Å²) in [6.45, 7) is 5.45. The molecule has 1 aromatic heterocycles. The molecule has 0 radical (unpaired) electrons. The first-order valence-electron chi connectivity index (χ1n) is 10.5. The second-order valence-electron chi connectivity index (χ2n) is 7.93. The highest BCUT2D eigenvalue weighted by atomic mass is 79.9. The molecule has 6 nitrogen and oxygen atoms in total. The normalized spacial score (nSPS) is 17.0. The van der Waals surface area contributed by atoms with Crippen molar-refractivity contribution < 1.29 is 9.53 Å². The van der Waals surface area contributed by atoms with Gasteiger partial charge in [-0.05, 0) is 71.2 Å². The number of aromatic amines is 1. The smallest absolute Gasteiger partial charge is 0.262 e. The number of aryl methyl sites for hydroxylation is 1. The first kappa shape index (κ1) is 19.5. The number of hydrogen-bond acceptors (Lipinski definition) is 4. The molecular formula is C23H25BrN4O2. The lowest BCUT2D eigenvalue weighted by Crippen LogP contribution is -2.46. The molecule has 1 amide bonds. The number of piperazine rings is 1. The van der Waals surface area contributed by atoms with Crippen LogP contribution in [-0.2, 0) is 11.2 Å². The van der Waals surface area contributed by atoms with Gasteiger partial charge in [0.1, 0.15) is 5.75 Å². The molecule has 0 aliphatic carbocycles. The number of fused-ring (bicyclic) bond motifs is 2. The Labute approximate surface area is 184 Å². The average molecular weight is 469 g/mol. The van der Waals surface area contributed by atoms with Crippen molar-refractivity contribution in [2.24, 2.45) is 0 Å². The van der Waals surface area contributed by atoms with Crippen LogP contribution >= 0.6 is 15.9 Å². The molecule has 0 atom stereocenters. The highest BCUT2D eigenvalue weighted by Gasteiger charge is 2.20. The predicted octanol–water partition coefficient (Wildman–Crippen LogP) is 4.02. The van der Waals surface area contributed by atoms with E-state index in [1.54, 1.807) is 0 Å². The fraction of sp³-hybridized carbons (Fsp3) is 0.348. The maximum atomic E-state index is 11.5. The highest BCUT2D eigenvalue weighted by molar-refractivity contribution is 9.10. The number of nitrogens with one attached hydrogen (secondary N) is 2. The lowest BCUT2D eigenvalue weighted by Gasteiger charge is -2.36. The molecule has 1 saturated heterocycles. The quantitative estimate of drug-likeness (QED) is 0.593. The van der Waals surface area contributed by atoms with Crippen LogP contribution in [-0.4, -0.2) is 55.1 Å². The number of benzene rings is 2. The van der Waals surface area contributed by atoms with Crippen LogP contribution in [0.1, 0.15) is 12.0 Å². The van der Waals surface area contributed by atoms with E-state index < -0.39 is 0 Å². The number of anilines is 2. The summed E-state index contributed by atoms with van der Waals surface area (Å²) in [5.41, 5.74) is 4.51. The van der Waals surface area contributed by atoms with Gasteiger partial charge in [-0.1, -0.05) is 6.07 Å². The van der Waals surface area contributed by atoms with Gasteiger partial charge in [-0.2, -0.15) is 0 Å². The largest absolute Gasteiger partial charge is 0.482 e. The molecule has 5 rings (SSSR count). The Balaban J connectivity index is 1.14. The number of carbonyl (C=O) groups excluding carboxylic acids is 1. The number of nitrogens with zero attached hydrogens (tertiary/aromatic N) is 2. The summed E-state index contributed by atoms with van der Waals surface area (Å²) in [6, 6.07) is 12.6. The van der Waals surface area contributed by atoms with Gasteiger partial charge in [0, 0.05) is 47.9 Å². The average Bonchev–Trinajstić information content (AvgIpc) is 3.25. The number of amides is 1. The van der Waals surface area contributed by atoms with E-state index in [4.69, 9.17) is 4.74 Å². The summed E-state index contributed by atoms with van der Waals surface area (Å²) in [4.78, 5) is 19.9. The number of halogens is 1. The van der Waals surface area contributed by atoms with Crippen molar-refractivity contribution in [2.75, 3.05) is 49.5 Å². The summed E-state index contributed by atoms with van der Waals surface area (Å²) < 4.78 is 6.54. The lowest BCUT2D eigenvalue weighted by molar-refractivity contribution is -0.118. The van der Waals surface area contributed by atoms with E-state index in [0.29, 0.717) is 0 Å². The first-order valence-corrected chi connectivity index (χ1v) is 11.3. The van der Waals surface area contributed by atoms with Crippen molar-refractivity contribution in [2.45, 2.75) is 12.8 Å². The topological polar surface area (TPSA) is 60.6 Å². The van der Waals surface area contributed by atoms with Gasteiger partial charge in [-0.3, -0.25) is 9.69 Å². The molecule has 0 spiro atoms. The van der Waals surface area contributed by atoms with Gasteiger partial charge in [-0.15, -0.1) is 0 Å². The third-order valence-electron chi connectivity index (χ3n) is 5.98. The monoisotopic (exact) mass is 468 g/mol. The minimum absolute atomic E-state index is 0.0831. The van der Waals surface area contributed by atoms with Crippen LogP contribution in [0.4, 0.5) is 11.4 Å². The summed E-state index contributed by atoms with van der Waals surface area (Å²) in [7, 11) is 0. The Kier molecular flexibility index (Phi) is 5.39. The molecule has 2 aliphatic rings. The molecule has 2 N–H and O–H groups in total. The molecule has 7 heteroatoms. The number of H-pyrrole nitrogens is 1. The maximum absolute atomic E-state index is 11.5. The Morgan fingerprint density at radius 2 is 1.93 bits per heavy atom. The van der Waals surface area contributed by atoms with Crippen molar-refractivity contribution in [1.82, 2.24) is 9.88 Å². The third-order valence-corrected chi connectivity index (χ3v) is 6.64. The Morgan fingerprint density at radius 3 is 2.80 bits per heavy atom. The Bertz CT molecular complexity index is 1070. The number of carbonyl (C=O) groups is 1. The molecule has 0 bridgehead atoms. The van der Waals surface area contributed by atoms with E-state index >= 15 is 0 Å². The Hall–Kier alpha value is -2.51. The Morgan fingerprint density at radius 1 is 1.07 bits per heavy atom. The van der Waals surface area contributed by atoms with E-state index in [0.717, 1.165) is 61.5 Å². The standard InChI is InChI=1S/C23H25BrN4O2/c24-18-4-5-20(17-7-8-25-23(17)18)28-12-10-27(11-13-28)9-1-2-16-3-6-21-19(14-16)26-22(29)15-30-21/h3-8,14,25H,1-2,9-13,15H2,(H,26,29). The van der Waals surface area contributed by atoms with Crippen LogP contribution in [0.3, 0.4) is 0 Å². The van der Waals surface area contributed by atoms with Crippen LogP contribution in [0.5, 0.6) is 5.75 Å². The molecule has 2 aliphatic heterocycles. The van der Waals surface area contributed by atoms with E-state index in [9.17, 15) is 4.79 Å². The molecule has 0 saturated carbocycles. The third kappa shape index (κ3) is 3.91. The summed E-state index contributed by atoms with van der Waals surface area (Å²) in [6.07, 6.45) is 4.11. The lowest BCUT2D eigenvalue weighted by atomic mass is 10.1. The number of ether oxygens (including phenoxy) is 1. The zero-order valence-corrected chi connectivity index (χ0v) is 18.4. The van der Waals surface area contributed by atoms with Crippen molar-refractivity contribution in [3.63, 3.8) is 0 Å². The van der Waals surface area contributed by atoms with Crippen molar-refractivity contribution in [3.8, 4) is 5.75 Å². The molecule has 0 unspecified atom stereocenters. The van der Waals surface area contributed by atoms with E-state index in [1.807, 2.05) is 18.3 Å². The van der Waals surface area contributed by atoms with Gasteiger partial charge < -0.3 is 19.9 Å². The van der Waals surface area contributed by atoms with E-state index in [1.165, 1.54) is 22.2 Å². The predicted molar refractivity (Wildman–Crippen MR) is 124 cm³/mol. The molecule has 156 valence electrons. The van der Waals surface area contributed by atoms with E-state index in [2.05, 4.69) is 60.3 Å². The van der Waals surface area contributed by atoms with Crippen LogP contribution in [0.15, 0.2) is 47.1 Å². The second kappa shape index (κ2) is 8.32. The minimum atomic E-state index is -0.0831.